The largest absolute Gasteiger partial charge is 0.398 e. The van der Waals surface area contributed by atoms with Gasteiger partial charge in [-0.3, -0.25) is 13.7 Å². The first-order valence-electron chi connectivity index (χ1n) is 9.34. The molecule has 0 saturated heterocycles. The van der Waals surface area contributed by atoms with Gasteiger partial charge >= 0.3 is 0 Å². The zero-order valence-corrected chi connectivity index (χ0v) is 19.9. The van der Waals surface area contributed by atoms with Gasteiger partial charge in [-0.05, 0) is 65.1 Å². The Hall–Kier alpha value is -3.01. The first kappa shape index (κ1) is 25.6. The Morgan fingerprint density at radius 3 is 1.97 bits per heavy atom. The predicted octanol–water partition coefficient (Wildman–Crippen LogP) is 2.19. The third-order valence-corrected chi connectivity index (χ3v) is 7.80. The molecular weight excluding hydrogens is 508 g/mol. The van der Waals surface area contributed by atoms with Crippen molar-refractivity contribution in [2.45, 2.75) is 23.1 Å². The first-order valence-corrected chi connectivity index (χ1v) is 13.7. The quantitative estimate of drug-likeness (QED) is 0.280. The summed E-state index contributed by atoms with van der Waals surface area (Å²) < 4.78 is 99.5. The molecule has 1 aliphatic carbocycles. The van der Waals surface area contributed by atoms with E-state index in [2.05, 4.69) is 0 Å². The van der Waals surface area contributed by atoms with Crippen LogP contribution in [0.25, 0.3) is 5.57 Å². The maximum absolute atomic E-state index is 11.9. The van der Waals surface area contributed by atoms with Gasteiger partial charge in [0.2, 0.25) is 0 Å². The molecule has 2 aromatic rings. The van der Waals surface area contributed by atoms with Crippen molar-refractivity contribution < 1.29 is 38.9 Å². The van der Waals surface area contributed by atoms with Crippen molar-refractivity contribution in [2.75, 3.05) is 11.5 Å². The van der Waals surface area contributed by atoms with Crippen molar-refractivity contribution >= 4 is 47.3 Å². The van der Waals surface area contributed by atoms with E-state index in [1.165, 1.54) is 37.3 Å². The summed E-state index contributed by atoms with van der Waals surface area (Å²) in [6, 6.07) is 6.06. The van der Waals surface area contributed by atoms with Crippen LogP contribution in [-0.4, -0.2) is 38.9 Å². The number of benzene rings is 2. The molecule has 0 saturated carbocycles. The molecule has 0 spiro atoms. The maximum Gasteiger partial charge on any atom is 0.296 e. The van der Waals surface area contributed by atoms with Gasteiger partial charge in [0.1, 0.15) is 9.79 Å². The molecule has 14 heteroatoms. The van der Waals surface area contributed by atoms with E-state index in [1.54, 1.807) is 0 Å². The summed E-state index contributed by atoms with van der Waals surface area (Å²) in [5.41, 5.74) is 11.7. The Kier molecular flexibility index (Phi) is 6.51. The van der Waals surface area contributed by atoms with E-state index < -0.39 is 40.1 Å². The lowest BCUT2D eigenvalue weighted by atomic mass is 9.90. The highest BCUT2D eigenvalue weighted by atomic mass is 32.2. The van der Waals surface area contributed by atoms with Crippen molar-refractivity contribution in [3.8, 4) is 0 Å². The van der Waals surface area contributed by atoms with Crippen LogP contribution in [0.3, 0.4) is 0 Å². The van der Waals surface area contributed by atoms with Crippen molar-refractivity contribution in [1.29, 1.82) is 0 Å². The Bertz CT molecular complexity index is 1620. The van der Waals surface area contributed by atoms with Crippen LogP contribution < -0.4 is 11.5 Å². The van der Waals surface area contributed by atoms with Crippen LogP contribution in [0.2, 0.25) is 0 Å². The van der Waals surface area contributed by atoms with Crippen molar-refractivity contribution in [2.24, 2.45) is 0 Å². The van der Waals surface area contributed by atoms with Crippen LogP contribution in [0.1, 0.15) is 23.1 Å². The summed E-state index contributed by atoms with van der Waals surface area (Å²) in [6.45, 7) is 1.47. The van der Waals surface area contributed by atoms with Gasteiger partial charge in [0.25, 0.3) is 30.4 Å². The Morgan fingerprint density at radius 2 is 1.41 bits per heavy atom. The third kappa shape index (κ3) is 5.22. The number of nitrogen functional groups attached to an aromatic ring is 2. The van der Waals surface area contributed by atoms with Crippen molar-refractivity contribution in [3.63, 3.8) is 0 Å². The average molecular weight is 529 g/mol. The van der Waals surface area contributed by atoms with Crippen LogP contribution in [0.15, 0.2) is 68.8 Å². The van der Waals surface area contributed by atoms with Crippen LogP contribution in [0.4, 0.5) is 11.4 Å². The highest BCUT2D eigenvalue weighted by Gasteiger charge is 2.24. The number of anilines is 2. The summed E-state index contributed by atoms with van der Waals surface area (Å²) in [5.74, 6) is 0. The molecule has 0 atom stereocenters. The van der Waals surface area contributed by atoms with E-state index in [-0.39, 0.29) is 50.5 Å². The van der Waals surface area contributed by atoms with Gasteiger partial charge in [-0.1, -0.05) is 18.2 Å². The smallest absolute Gasteiger partial charge is 0.296 e. The van der Waals surface area contributed by atoms with Gasteiger partial charge in [0.05, 0.1) is 16.3 Å². The lowest BCUT2D eigenvalue weighted by molar-refractivity contribution is 0.481. The zero-order valence-electron chi connectivity index (χ0n) is 17.5. The second kappa shape index (κ2) is 8.65. The molecular formula is C20H20N2O9S3. The molecule has 3 rings (SSSR count). The molecule has 7 N–H and O–H groups in total. The second-order valence-electron chi connectivity index (χ2n) is 7.43. The molecule has 11 nitrogen and oxygen atoms in total. The van der Waals surface area contributed by atoms with Crippen LogP contribution >= 0.6 is 0 Å². The topological polar surface area (TPSA) is 215 Å². The van der Waals surface area contributed by atoms with E-state index in [1.807, 2.05) is 0 Å². The fraction of sp³-hybridized carbons (Fsp3) is 0.100. The SMILES string of the molecule is Cc1cc(C(=C2C=CCC(S(=O)(=O)O)=C2)c2ccc(N)c(S(=O)(=O)O)c2)cc(S(=O)(=O)O)c1N. The lowest BCUT2D eigenvalue weighted by Gasteiger charge is -2.18. The Balaban J connectivity index is 2.49. The Labute approximate surface area is 196 Å². The number of hydrogen-bond acceptors (Lipinski definition) is 8. The highest BCUT2D eigenvalue weighted by molar-refractivity contribution is 7.89. The van der Waals surface area contributed by atoms with Gasteiger partial charge in [-0.25, -0.2) is 0 Å². The maximum atomic E-state index is 11.9. The van der Waals surface area contributed by atoms with E-state index in [9.17, 15) is 38.9 Å². The van der Waals surface area contributed by atoms with Gasteiger partial charge < -0.3 is 11.5 Å². The van der Waals surface area contributed by atoms with E-state index in [0.29, 0.717) is 0 Å². The van der Waals surface area contributed by atoms with E-state index in [0.717, 1.165) is 18.2 Å². The fourth-order valence-electron chi connectivity index (χ4n) is 3.45. The summed E-state index contributed by atoms with van der Waals surface area (Å²) in [6.07, 6.45) is 3.91. The number of rotatable bonds is 5. The van der Waals surface area contributed by atoms with Crippen LogP contribution in [-0.2, 0) is 30.4 Å². The van der Waals surface area contributed by atoms with Gasteiger partial charge in [-0.2, -0.15) is 25.3 Å². The predicted molar refractivity (Wildman–Crippen MR) is 125 cm³/mol. The standard InChI is InChI=1S/C20H20N2O9S3/c1-11-7-14(10-18(20(11)22)34(29,30)31)19(12-3-2-4-15(8-12)32(23,24)25)13-5-6-16(21)17(9-13)33(26,27)28/h2-3,5-10H,4,21-22H2,1H3,(H,23,24,25)(H,26,27,28)(H,29,30,31). The molecule has 0 aliphatic heterocycles. The Morgan fingerprint density at radius 1 is 0.824 bits per heavy atom. The monoisotopic (exact) mass is 528 g/mol. The lowest BCUT2D eigenvalue weighted by Crippen LogP contribution is -2.08. The summed E-state index contributed by atoms with van der Waals surface area (Å²) in [5, 5.41) is 0. The van der Waals surface area contributed by atoms with Crippen molar-refractivity contribution in [3.05, 3.63) is 75.7 Å². The highest BCUT2D eigenvalue weighted by Crippen LogP contribution is 2.37. The van der Waals surface area contributed by atoms with Crippen molar-refractivity contribution in [1.82, 2.24) is 0 Å². The molecule has 0 amide bonds. The number of nitrogens with two attached hydrogens (primary N) is 2. The average Bonchev–Trinajstić information content (AvgIpc) is 2.69. The van der Waals surface area contributed by atoms with Crippen LogP contribution in [0, 0.1) is 6.92 Å². The minimum Gasteiger partial charge on any atom is -0.398 e. The molecule has 0 heterocycles. The van der Waals surface area contributed by atoms with E-state index in [4.69, 9.17) is 11.5 Å². The molecule has 0 fully saturated rings. The van der Waals surface area contributed by atoms with Crippen LogP contribution in [0.5, 0.6) is 0 Å². The third-order valence-electron chi connectivity index (χ3n) is 5.05. The number of allylic oxidation sites excluding steroid dienone is 5. The van der Waals surface area contributed by atoms with Gasteiger partial charge in [-0.15, -0.1) is 0 Å². The zero-order chi connectivity index (χ0) is 25.6. The summed E-state index contributed by atoms with van der Waals surface area (Å²) in [7, 11) is -14.1. The molecule has 0 aromatic heterocycles. The summed E-state index contributed by atoms with van der Waals surface area (Å²) in [4.78, 5) is -1.62. The molecule has 1 aliphatic rings. The molecule has 0 unspecified atom stereocenters. The number of aryl methyl sites for hydroxylation is 1. The molecule has 0 radical (unpaired) electrons. The minimum absolute atomic E-state index is 0.0970. The first-order chi connectivity index (χ1) is 15.5. The normalized spacial score (nSPS) is 16.3. The number of hydrogen-bond donors (Lipinski definition) is 5. The molecule has 2 aromatic carbocycles. The second-order valence-corrected chi connectivity index (χ2v) is 11.7. The molecule has 0 bridgehead atoms. The fourth-order valence-corrected chi connectivity index (χ4v) is 5.39. The molecule has 182 valence electrons. The van der Waals surface area contributed by atoms with Gasteiger partial charge in [0.15, 0.2) is 0 Å². The van der Waals surface area contributed by atoms with Gasteiger partial charge in [0, 0.05) is 6.42 Å². The summed E-state index contributed by atoms with van der Waals surface area (Å²) >= 11 is 0. The molecule has 34 heavy (non-hydrogen) atoms. The van der Waals surface area contributed by atoms with E-state index >= 15 is 0 Å². The minimum atomic E-state index is -4.77.